The number of fused-ring (bicyclic) bond motifs is 1. The molecule has 4 nitrogen and oxygen atoms in total. The first-order valence-electron chi connectivity index (χ1n) is 7.41. The van der Waals surface area contributed by atoms with Crippen molar-refractivity contribution >= 4 is 11.9 Å². The van der Waals surface area contributed by atoms with Crippen LogP contribution in [-0.4, -0.2) is 22.2 Å². The fourth-order valence-corrected chi connectivity index (χ4v) is 4.58. The zero-order valence-corrected chi connectivity index (χ0v) is 11.7. The minimum atomic E-state index is -0.711. The Bertz CT molecular complexity index is 365. The van der Waals surface area contributed by atoms with Crippen molar-refractivity contribution in [2.45, 2.75) is 46.0 Å². The molecule has 108 valence electrons. The zero-order valence-electron chi connectivity index (χ0n) is 11.7. The van der Waals surface area contributed by atoms with Crippen LogP contribution < -0.4 is 0 Å². The fourth-order valence-electron chi connectivity index (χ4n) is 4.58. The highest BCUT2D eigenvalue weighted by molar-refractivity contribution is 5.71. The molecule has 0 aromatic carbocycles. The zero-order chi connectivity index (χ0) is 14.2. The standard InChI is InChI=1S/C15H24O4/c1-3-11-8(2)13(15(18)19)7-10-6-9(14(16)17)4-5-12(10)11/h8-13H,3-7H2,1-2H3,(H,16,17)(H,18,19). The van der Waals surface area contributed by atoms with E-state index in [0.717, 1.165) is 19.3 Å². The van der Waals surface area contributed by atoms with E-state index in [2.05, 4.69) is 13.8 Å². The molecule has 0 heterocycles. The lowest BCUT2D eigenvalue weighted by Gasteiger charge is -2.48. The summed E-state index contributed by atoms with van der Waals surface area (Å²) in [7, 11) is 0. The highest BCUT2D eigenvalue weighted by atomic mass is 16.4. The quantitative estimate of drug-likeness (QED) is 0.825. The van der Waals surface area contributed by atoms with Crippen LogP contribution in [0.4, 0.5) is 0 Å². The van der Waals surface area contributed by atoms with Gasteiger partial charge in [0.1, 0.15) is 0 Å². The molecule has 0 bridgehead atoms. The molecule has 2 rings (SSSR count). The summed E-state index contributed by atoms with van der Waals surface area (Å²) in [6.07, 6.45) is 4.06. The molecule has 2 saturated carbocycles. The number of aliphatic carboxylic acids is 2. The Morgan fingerprint density at radius 3 is 2.32 bits per heavy atom. The molecule has 2 N–H and O–H groups in total. The normalized spacial score (nSPS) is 42.4. The largest absolute Gasteiger partial charge is 0.481 e. The molecule has 0 aromatic heterocycles. The van der Waals surface area contributed by atoms with Crippen molar-refractivity contribution in [3.63, 3.8) is 0 Å². The van der Waals surface area contributed by atoms with E-state index in [-0.39, 0.29) is 23.7 Å². The summed E-state index contributed by atoms with van der Waals surface area (Å²) in [6.45, 7) is 4.19. The van der Waals surface area contributed by atoms with Crippen LogP contribution in [0.25, 0.3) is 0 Å². The first-order chi connectivity index (χ1) is 8.95. The van der Waals surface area contributed by atoms with E-state index in [1.807, 2.05) is 0 Å². The summed E-state index contributed by atoms with van der Waals surface area (Å²) in [4.78, 5) is 22.5. The van der Waals surface area contributed by atoms with Crippen LogP contribution in [0.5, 0.6) is 0 Å². The molecule has 0 spiro atoms. The monoisotopic (exact) mass is 268 g/mol. The van der Waals surface area contributed by atoms with Gasteiger partial charge in [-0.2, -0.15) is 0 Å². The van der Waals surface area contributed by atoms with Crippen LogP contribution in [0.15, 0.2) is 0 Å². The summed E-state index contributed by atoms with van der Waals surface area (Å²) in [5.74, 6) is -0.498. The molecule has 2 aliphatic rings. The van der Waals surface area contributed by atoms with Gasteiger partial charge >= 0.3 is 11.9 Å². The highest BCUT2D eigenvalue weighted by Crippen LogP contribution is 2.51. The smallest absolute Gasteiger partial charge is 0.306 e. The summed E-state index contributed by atoms with van der Waals surface area (Å²) in [5, 5.41) is 18.5. The second-order valence-electron chi connectivity index (χ2n) is 6.38. The Morgan fingerprint density at radius 1 is 1.11 bits per heavy atom. The van der Waals surface area contributed by atoms with E-state index < -0.39 is 11.9 Å². The number of carboxylic acids is 2. The molecule has 2 fully saturated rings. The summed E-state index contributed by atoms with van der Waals surface area (Å²) in [5.41, 5.74) is 0. The number of carbonyl (C=O) groups is 2. The van der Waals surface area contributed by atoms with Crippen LogP contribution in [0.2, 0.25) is 0 Å². The lowest BCUT2D eigenvalue weighted by atomic mass is 9.56. The lowest BCUT2D eigenvalue weighted by molar-refractivity contribution is -0.151. The summed E-state index contributed by atoms with van der Waals surface area (Å²) >= 11 is 0. The number of hydrogen-bond donors (Lipinski definition) is 2. The van der Waals surface area contributed by atoms with Crippen molar-refractivity contribution in [1.29, 1.82) is 0 Å². The van der Waals surface area contributed by atoms with Gasteiger partial charge in [0.05, 0.1) is 11.8 Å². The van der Waals surface area contributed by atoms with Gasteiger partial charge in [-0.3, -0.25) is 9.59 Å². The lowest BCUT2D eigenvalue weighted by Crippen LogP contribution is -2.45. The van der Waals surface area contributed by atoms with E-state index >= 15 is 0 Å². The predicted molar refractivity (Wildman–Crippen MR) is 70.6 cm³/mol. The van der Waals surface area contributed by atoms with Crippen LogP contribution in [0, 0.1) is 35.5 Å². The Hall–Kier alpha value is -1.06. The molecular formula is C15H24O4. The predicted octanol–water partition coefficient (Wildman–Crippen LogP) is 2.87. The third kappa shape index (κ3) is 2.63. The van der Waals surface area contributed by atoms with E-state index in [1.54, 1.807) is 0 Å². The van der Waals surface area contributed by atoms with Gasteiger partial charge in [0.2, 0.25) is 0 Å². The van der Waals surface area contributed by atoms with Crippen LogP contribution in [-0.2, 0) is 9.59 Å². The minimum Gasteiger partial charge on any atom is -0.481 e. The Labute approximate surface area is 114 Å². The van der Waals surface area contributed by atoms with Crippen LogP contribution >= 0.6 is 0 Å². The van der Waals surface area contributed by atoms with Crippen molar-refractivity contribution in [3.8, 4) is 0 Å². The Morgan fingerprint density at radius 2 is 1.79 bits per heavy atom. The first kappa shape index (κ1) is 14.4. The molecule has 6 unspecified atom stereocenters. The molecule has 2 aliphatic carbocycles. The van der Waals surface area contributed by atoms with Crippen molar-refractivity contribution in [3.05, 3.63) is 0 Å². The Kier molecular flexibility index (Phi) is 4.16. The topological polar surface area (TPSA) is 74.6 Å². The molecule has 4 heteroatoms. The van der Waals surface area contributed by atoms with Gasteiger partial charge in [-0.1, -0.05) is 20.3 Å². The number of rotatable bonds is 3. The first-order valence-corrected chi connectivity index (χ1v) is 7.41. The maximum atomic E-state index is 11.4. The average Bonchev–Trinajstić information content (AvgIpc) is 2.37. The van der Waals surface area contributed by atoms with E-state index in [9.17, 15) is 14.7 Å². The molecular weight excluding hydrogens is 244 g/mol. The fraction of sp³-hybridized carbons (Fsp3) is 0.867. The van der Waals surface area contributed by atoms with Crippen molar-refractivity contribution in [1.82, 2.24) is 0 Å². The van der Waals surface area contributed by atoms with Gasteiger partial charge in [-0.05, 0) is 49.4 Å². The van der Waals surface area contributed by atoms with Crippen LogP contribution in [0.3, 0.4) is 0 Å². The third-order valence-corrected chi connectivity index (χ3v) is 5.60. The molecule has 0 saturated heterocycles. The molecule has 0 aliphatic heterocycles. The Balaban J connectivity index is 2.17. The van der Waals surface area contributed by atoms with Gasteiger partial charge in [-0.15, -0.1) is 0 Å². The summed E-state index contributed by atoms with van der Waals surface area (Å²) < 4.78 is 0. The maximum absolute atomic E-state index is 11.4. The van der Waals surface area contributed by atoms with Crippen LogP contribution in [0.1, 0.15) is 46.0 Å². The molecule has 0 amide bonds. The third-order valence-electron chi connectivity index (χ3n) is 5.60. The minimum absolute atomic E-state index is 0.213. The summed E-state index contributed by atoms with van der Waals surface area (Å²) in [6, 6.07) is 0. The van der Waals surface area contributed by atoms with Gasteiger partial charge in [0, 0.05) is 0 Å². The molecule has 0 radical (unpaired) electrons. The molecule has 0 aromatic rings. The highest BCUT2D eigenvalue weighted by Gasteiger charge is 2.47. The van der Waals surface area contributed by atoms with E-state index in [0.29, 0.717) is 24.7 Å². The average molecular weight is 268 g/mol. The SMILES string of the molecule is CCC1C(C)C(C(=O)O)CC2CC(C(=O)O)CCC21. The second kappa shape index (κ2) is 5.51. The van der Waals surface area contributed by atoms with E-state index in [1.165, 1.54) is 0 Å². The number of carboxylic acid groups (broad SMARTS) is 2. The van der Waals surface area contributed by atoms with Gasteiger partial charge in [0.25, 0.3) is 0 Å². The maximum Gasteiger partial charge on any atom is 0.306 e. The molecule has 19 heavy (non-hydrogen) atoms. The second-order valence-corrected chi connectivity index (χ2v) is 6.38. The van der Waals surface area contributed by atoms with Crippen molar-refractivity contribution < 1.29 is 19.8 Å². The van der Waals surface area contributed by atoms with Gasteiger partial charge in [-0.25, -0.2) is 0 Å². The number of hydrogen-bond acceptors (Lipinski definition) is 2. The van der Waals surface area contributed by atoms with Gasteiger partial charge < -0.3 is 10.2 Å². The van der Waals surface area contributed by atoms with Crippen molar-refractivity contribution in [2.24, 2.45) is 35.5 Å². The van der Waals surface area contributed by atoms with Crippen molar-refractivity contribution in [2.75, 3.05) is 0 Å². The van der Waals surface area contributed by atoms with E-state index in [4.69, 9.17) is 5.11 Å². The molecule has 6 atom stereocenters. The van der Waals surface area contributed by atoms with Gasteiger partial charge in [0.15, 0.2) is 0 Å².